The molecule has 1 heterocycles. The molecule has 1 aliphatic carbocycles. The van der Waals surface area contributed by atoms with Gasteiger partial charge in [0, 0.05) is 11.5 Å². The Morgan fingerprint density at radius 2 is 2.05 bits per heavy atom. The summed E-state index contributed by atoms with van der Waals surface area (Å²) in [5.41, 5.74) is 2.43. The van der Waals surface area contributed by atoms with Gasteiger partial charge in [-0.2, -0.15) is 5.26 Å². The third-order valence-electron chi connectivity index (χ3n) is 4.21. The first kappa shape index (κ1) is 12.7. The van der Waals surface area contributed by atoms with Crippen molar-refractivity contribution in [1.29, 1.82) is 5.26 Å². The molecular weight excluding hydrogens is 250 g/mol. The van der Waals surface area contributed by atoms with Crippen molar-refractivity contribution >= 4 is 5.97 Å². The van der Waals surface area contributed by atoms with Crippen molar-refractivity contribution in [2.45, 2.75) is 31.8 Å². The molecule has 0 radical (unpaired) electrons. The van der Waals surface area contributed by atoms with Crippen molar-refractivity contribution in [1.82, 2.24) is 0 Å². The molecule has 2 aliphatic rings. The summed E-state index contributed by atoms with van der Waals surface area (Å²) in [5, 5.41) is 9.19. The summed E-state index contributed by atoms with van der Waals surface area (Å²) in [7, 11) is 0. The Labute approximate surface area is 118 Å². The lowest BCUT2D eigenvalue weighted by Gasteiger charge is -2.38. The second-order valence-electron chi connectivity index (χ2n) is 5.56. The van der Waals surface area contributed by atoms with Gasteiger partial charge in [-0.05, 0) is 25.8 Å². The minimum absolute atomic E-state index is 0.0542. The molecule has 0 fully saturated rings. The van der Waals surface area contributed by atoms with Crippen molar-refractivity contribution < 1.29 is 9.53 Å². The van der Waals surface area contributed by atoms with Crippen molar-refractivity contribution in [3.8, 4) is 6.07 Å². The molecule has 0 saturated carbocycles. The van der Waals surface area contributed by atoms with Gasteiger partial charge in [0.15, 0.2) is 0 Å². The Morgan fingerprint density at radius 3 is 2.70 bits per heavy atom. The van der Waals surface area contributed by atoms with Crippen LogP contribution in [0.5, 0.6) is 0 Å². The Hall–Kier alpha value is -2.34. The van der Waals surface area contributed by atoms with E-state index in [0.29, 0.717) is 0 Å². The normalized spacial score (nSPS) is 28.6. The zero-order valence-corrected chi connectivity index (χ0v) is 11.5. The molecule has 0 unspecified atom stereocenters. The standard InChI is InChI=1S/C17H15NO2/c1-11-8-14(12-6-4-3-5-7-12)17(2)15(9-11)13(10-18)16(19)20-17/h3-7,9,14H,8H2,1-2H3/t14-,17-/m0/s1. The van der Waals surface area contributed by atoms with Crippen LogP contribution in [0.3, 0.4) is 0 Å². The average molecular weight is 265 g/mol. The van der Waals surface area contributed by atoms with E-state index >= 15 is 0 Å². The van der Waals surface area contributed by atoms with E-state index in [-0.39, 0.29) is 11.5 Å². The molecule has 0 bridgehead atoms. The number of nitrogens with zero attached hydrogens (tertiary/aromatic N) is 1. The molecule has 0 N–H and O–H groups in total. The van der Waals surface area contributed by atoms with Crippen molar-refractivity contribution in [2.75, 3.05) is 0 Å². The summed E-state index contributed by atoms with van der Waals surface area (Å²) >= 11 is 0. The Bertz CT molecular complexity index is 679. The van der Waals surface area contributed by atoms with Gasteiger partial charge >= 0.3 is 5.97 Å². The smallest absolute Gasteiger partial charge is 0.350 e. The highest BCUT2D eigenvalue weighted by Gasteiger charge is 2.50. The van der Waals surface area contributed by atoms with Gasteiger partial charge in [0.2, 0.25) is 0 Å². The summed E-state index contributed by atoms with van der Waals surface area (Å²) in [6.45, 7) is 3.94. The van der Waals surface area contributed by atoms with E-state index in [1.807, 2.05) is 56.3 Å². The van der Waals surface area contributed by atoms with Crippen molar-refractivity contribution in [3.05, 3.63) is 58.7 Å². The Kier molecular flexibility index (Phi) is 2.76. The quantitative estimate of drug-likeness (QED) is 0.732. The monoisotopic (exact) mass is 265 g/mol. The molecule has 1 aliphatic heterocycles. The van der Waals surface area contributed by atoms with Crippen LogP contribution in [-0.4, -0.2) is 11.6 Å². The third-order valence-corrected chi connectivity index (χ3v) is 4.21. The minimum atomic E-state index is -0.733. The van der Waals surface area contributed by atoms with E-state index < -0.39 is 11.6 Å². The van der Waals surface area contributed by atoms with E-state index in [0.717, 1.165) is 23.1 Å². The summed E-state index contributed by atoms with van der Waals surface area (Å²) in [5.74, 6) is -0.449. The maximum atomic E-state index is 11.9. The molecule has 3 nitrogen and oxygen atoms in total. The first-order valence-corrected chi connectivity index (χ1v) is 6.66. The number of nitriles is 1. The number of carbonyl (C=O) groups excluding carboxylic acids is 1. The number of hydrogen-bond donors (Lipinski definition) is 0. The number of ether oxygens (including phenoxy) is 1. The van der Waals surface area contributed by atoms with Gasteiger partial charge in [-0.15, -0.1) is 0 Å². The van der Waals surface area contributed by atoms with Crippen LogP contribution in [0.25, 0.3) is 0 Å². The zero-order valence-electron chi connectivity index (χ0n) is 11.5. The lowest BCUT2D eigenvalue weighted by atomic mass is 9.71. The largest absolute Gasteiger partial charge is 0.450 e. The van der Waals surface area contributed by atoms with Gasteiger partial charge in [-0.3, -0.25) is 0 Å². The van der Waals surface area contributed by atoms with Gasteiger partial charge in [-0.25, -0.2) is 4.79 Å². The van der Waals surface area contributed by atoms with Crippen LogP contribution >= 0.6 is 0 Å². The van der Waals surface area contributed by atoms with Crippen LogP contribution in [0.4, 0.5) is 0 Å². The van der Waals surface area contributed by atoms with Crippen LogP contribution in [0.15, 0.2) is 53.1 Å². The molecule has 100 valence electrons. The highest BCUT2D eigenvalue weighted by Crippen LogP contribution is 2.49. The number of fused-ring (bicyclic) bond motifs is 1. The van der Waals surface area contributed by atoms with E-state index in [4.69, 9.17) is 4.74 Å². The SMILES string of the molecule is CC1=CC2=C(C#N)C(=O)O[C@@]2(C)[C@H](c2ccccc2)C1. The summed E-state index contributed by atoms with van der Waals surface area (Å²) in [6.07, 6.45) is 2.76. The summed E-state index contributed by atoms with van der Waals surface area (Å²) in [6, 6.07) is 12.0. The second kappa shape index (κ2) is 4.35. The fraction of sp³-hybridized carbons (Fsp3) is 0.294. The van der Waals surface area contributed by atoms with Gasteiger partial charge in [-0.1, -0.05) is 42.0 Å². The lowest BCUT2D eigenvalue weighted by molar-refractivity contribution is -0.147. The van der Waals surface area contributed by atoms with Gasteiger partial charge in [0.05, 0.1) is 0 Å². The number of esters is 1. The molecule has 1 aromatic rings. The average Bonchev–Trinajstić information content (AvgIpc) is 2.69. The molecule has 0 spiro atoms. The lowest BCUT2D eigenvalue weighted by Crippen LogP contribution is -2.37. The van der Waals surface area contributed by atoms with E-state index in [9.17, 15) is 10.1 Å². The Morgan fingerprint density at radius 1 is 1.35 bits per heavy atom. The van der Waals surface area contributed by atoms with Crippen LogP contribution in [-0.2, 0) is 9.53 Å². The molecule has 1 aromatic carbocycles. The fourth-order valence-electron chi connectivity index (χ4n) is 3.18. The van der Waals surface area contributed by atoms with E-state index in [1.165, 1.54) is 0 Å². The molecule has 3 rings (SSSR count). The molecule has 0 amide bonds. The maximum Gasteiger partial charge on any atom is 0.350 e. The van der Waals surface area contributed by atoms with Gasteiger partial charge in [0.1, 0.15) is 17.2 Å². The summed E-state index contributed by atoms with van der Waals surface area (Å²) in [4.78, 5) is 11.9. The molecule has 2 atom stereocenters. The number of benzene rings is 1. The van der Waals surface area contributed by atoms with E-state index in [2.05, 4.69) is 0 Å². The predicted molar refractivity (Wildman–Crippen MR) is 74.7 cm³/mol. The highest BCUT2D eigenvalue weighted by atomic mass is 16.6. The van der Waals surface area contributed by atoms with Crippen molar-refractivity contribution in [2.24, 2.45) is 0 Å². The number of allylic oxidation sites excluding steroid dienone is 1. The molecular formula is C17H15NO2. The summed E-state index contributed by atoms with van der Waals surface area (Å²) < 4.78 is 5.59. The number of hydrogen-bond acceptors (Lipinski definition) is 3. The van der Waals surface area contributed by atoms with Gasteiger partial charge in [0.25, 0.3) is 0 Å². The zero-order chi connectivity index (χ0) is 14.3. The first-order chi connectivity index (χ1) is 9.56. The van der Waals surface area contributed by atoms with Crippen LogP contribution in [0.1, 0.15) is 31.7 Å². The van der Waals surface area contributed by atoms with E-state index in [1.54, 1.807) is 0 Å². The van der Waals surface area contributed by atoms with Crippen LogP contribution in [0, 0.1) is 11.3 Å². The topological polar surface area (TPSA) is 50.1 Å². The molecule has 3 heteroatoms. The molecule has 0 saturated heterocycles. The minimum Gasteiger partial charge on any atom is -0.450 e. The molecule has 20 heavy (non-hydrogen) atoms. The third kappa shape index (κ3) is 1.69. The number of carbonyl (C=O) groups is 1. The second-order valence-corrected chi connectivity index (χ2v) is 5.56. The first-order valence-electron chi connectivity index (χ1n) is 6.66. The van der Waals surface area contributed by atoms with Gasteiger partial charge < -0.3 is 4.74 Å². The highest BCUT2D eigenvalue weighted by molar-refractivity contribution is 5.98. The Balaban J connectivity index is 2.18. The predicted octanol–water partition coefficient (Wildman–Crippen LogP) is 3.26. The van der Waals surface area contributed by atoms with Crippen LogP contribution < -0.4 is 0 Å². The number of rotatable bonds is 1. The van der Waals surface area contributed by atoms with Crippen LogP contribution in [0.2, 0.25) is 0 Å². The maximum absolute atomic E-state index is 11.9. The van der Waals surface area contributed by atoms with Crippen molar-refractivity contribution in [3.63, 3.8) is 0 Å². The molecule has 0 aromatic heterocycles. The fourth-order valence-corrected chi connectivity index (χ4v) is 3.18.